The zero-order valence-corrected chi connectivity index (χ0v) is 10.7. The lowest BCUT2D eigenvalue weighted by Crippen LogP contribution is -1.88. The van der Waals surface area contributed by atoms with E-state index in [1.54, 1.807) is 11.0 Å². The summed E-state index contributed by atoms with van der Waals surface area (Å²) in [6.07, 6.45) is 5.34. The molecule has 0 aliphatic carbocycles. The zero-order chi connectivity index (χ0) is 11.8. The Balaban J connectivity index is 2.32. The molecule has 4 nitrogen and oxygen atoms in total. The fourth-order valence-corrected chi connectivity index (χ4v) is 2.16. The highest BCUT2D eigenvalue weighted by Gasteiger charge is 2.08. The van der Waals surface area contributed by atoms with E-state index in [1.807, 2.05) is 37.6 Å². The van der Waals surface area contributed by atoms with Gasteiger partial charge in [0, 0.05) is 28.7 Å². The molecule has 0 bridgehead atoms. The second kappa shape index (κ2) is 3.92. The summed E-state index contributed by atoms with van der Waals surface area (Å²) in [5.41, 5.74) is 2.84. The summed E-state index contributed by atoms with van der Waals surface area (Å²) in [5.74, 6) is 0. The Bertz CT molecular complexity index is 690. The highest BCUT2D eigenvalue weighted by Crippen LogP contribution is 2.27. The van der Waals surface area contributed by atoms with Crippen LogP contribution in [-0.4, -0.2) is 19.7 Å². The summed E-state index contributed by atoms with van der Waals surface area (Å²) in [5, 5.41) is 5.19. The van der Waals surface area contributed by atoms with E-state index in [4.69, 9.17) is 0 Å². The molecule has 17 heavy (non-hydrogen) atoms. The molecule has 0 fully saturated rings. The minimum atomic E-state index is 0.907. The van der Waals surface area contributed by atoms with Gasteiger partial charge in [0.15, 0.2) is 0 Å². The van der Waals surface area contributed by atoms with Gasteiger partial charge in [0.25, 0.3) is 0 Å². The van der Waals surface area contributed by atoms with E-state index in [0.717, 1.165) is 26.6 Å². The molecule has 0 saturated heterocycles. The van der Waals surface area contributed by atoms with Crippen LogP contribution < -0.4 is 0 Å². The van der Waals surface area contributed by atoms with Crippen LogP contribution in [0.15, 0.2) is 41.4 Å². The van der Waals surface area contributed by atoms with Gasteiger partial charge < -0.3 is 0 Å². The van der Waals surface area contributed by atoms with E-state index >= 15 is 0 Å². The van der Waals surface area contributed by atoms with E-state index in [-0.39, 0.29) is 0 Å². The molecule has 0 saturated carbocycles. The molecule has 0 atom stereocenters. The number of benzene rings is 1. The largest absolute Gasteiger partial charge is 0.275 e. The first kappa shape index (κ1) is 10.4. The number of aromatic nitrogens is 4. The highest BCUT2D eigenvalue weighted by molar-refractivity contribution is 9.10. The van der Waals surface area contributed by atoms with Gasteiger partial charge in [-0.25, -0.2) is 9.97 Å². The topological polar surface area (TPSA) is 43.6 Å². The van der Waals surface area contributed by atoms with Crippen LogP contribution in [0.3, 0.4) is 0 Å². The summed E-state index contributed by atoms with van der Waals surface area (Å²) in [4.78, 5) is 8.60. The van der Waals surface area contributed by atoms with Crippen molar-refractivity contribution < 1.29 is 0 Å². The van der Waals surface area contributed by atoms with Crippen LogP contribution in [0.2, 0.25) is 0 Å². The molecular formula is C12H9BrN4. The molecule has 0 unspecified atom stereocenters. The Labute approximate surface area is 106 Å². The molecule has 3 rings (SSSR count). The van der Waals surface area contributed by atoms with Crippen molar-refractivity contribution in [3.63, 3.8) is 0 Å². The van der Waals surface area contributed by atoms with Gasteiger partial charge in [0.05, 0.1) is 17.4 Å². The number of halogens is 1. The quantitative estimate of drug-likeness (QED) is 0.692. The first-order valence-electron chi connectivity index (χ1n) is 5.13. The van der Waals surface area contributed by atoms with Crippen molar-refractivity contribution in [1.82, 2.24) is 19.7 Å². The molecule has 3 aromatic rings. The Hall–Kier alpha value is -1.75. The fourth-order valence-electron chi connectivity index (χ4n) is 1.80. The average molecular weight is 289 g/mol. The molecule has 0 aliphatic heterocycles. The van der Waals surface area contributed by atoms with Crippen molar-refractivity contribution in [2.45, 2.75) is 0 Å². The van der Waals surface area contributed by atoms with Crippen LogP contribution in [0.25, 0.3) is 22.2 Å². The van der Waals surface area contributed by atoms with Gasteiger partial charge in [-0.05, 0) is 18.2 Å². The van der Waals surface area contributed by atoms with Crippen molar-refractivity contribution in [2.75, 3.05) is 0 Å². The Morgan fingerprint density at radius 2 is 2.12 bits per heavy atom. The van der Waals surface area contributed by atoms with E-state index in [1.165, 1.54) is 0 Å². The molecule has 0 aliphatic rings. The number of nitrogens with zero attached hydrogens (tertiary/aromatic N) is 4. The first-order chi connectivity index (χ1) is 8.24. The van der Waals surface area contributed by atoms with Crippen LogP contribution in [0.5, 0.6) is 0 Å². The smallest absolute Gasteiger partial charge is 0.116 e. The van der Waals surface area contributed by atoms with E-state index in [0.29, 0.717) is 0 Å². The van der Waals surface area contributed by atoms with Crippen molar-refractivity contribution in [3.05, 3.63) is 41.4 Å². The lowest BCUT2D eigenvalue weighted by Gasteiger charge is -2.02. The number of rotatable bonds is 1. The maximum atomic E-state index is 4.35. The van der Waals surface area contributed by atoms with Crippen LogP contribution in [0.4, 0.5) is 0 Å². The molecule has 84 valence electrons. The summed E-state index contributed by atoms with van der Waals surface area (Å²) in [6.45, 7) is 0. The molecule has 0 radical (unpaired) electrons. The van der Waals surface area contributed by atoms with Crippen molar-refractivity contribution in [1.29, 1.82) is 0 Å². The fraction of sp³-hybridized carbons (Fsp3) is 0.0833. The predicted octanol–water partition coefficient (Wildman–Crippen LogP) is 2.79. The van der Waals surface area contributed by atoms with Crippen molar-refractivity contribution in [3.8, 4) is 11.3 Å². The number of aryl methyl sites for hydroxylation is 1. The second-order valence-electron chi connectivity index (χ2n) is 3.79. The van der Waals surface area contributed by atoms with Gasteiger partial charge in [0.1, 0.15) is 6.33 Å². The van der Waals surface area contributed by atoms with Gasteiger partial charge in [0.2, 0.25) is 0 Å². The minimum absolute atomic E-state index is 0.907. The maximum absolute atomic E-state index is 4.35. The van der Waals surface area contributed by atoms with Crippen LogP contribution in [-0.2, 0) is 7.05 Å². The molecule has 0 spiro atoms. The van der Waals surface area contributed by atoms with Gasteiger partial charge >= 0.3 is 0 Å². The number of hydrogen-bond donors (Lipinski definition) is 0. The molecular weight excluding hydrogens is 280 g/mol. The molecule has 2 heterocycles. The first-order valence-corrected chi connectivity index (χ1v) is 5.92. The van der Waals surface area contributed by atoms with Crippen molar-refractivity contribution in [2.24, 2.45) is 7.05 Å². The van der Waals surface area contributed by atoms with Gasteiger partial charge in [-0.3, -0.25) is 4.68 Å². The van der Waals surface area contributed by atoms with Gasteiger partial charge in [-0.2, -0.15) is 5.10 Å². The third-order valence-electron chi connectivity index (χ3n) is 2.58. The standard InChI is InChI=1S/C12H9BrN4/c1-17-6-8(5-16-17)12-10-4-9(13)2-3-11(10)14-7-15-12/h2-7H,1H3. The third-order valence-corrected chi connectivity index (χ3v) is 3.07. The Kier molecular flexibility index (Phi) is 2.40. The number of hydrogen-bond acceptors (Lipinski definition) is 3. The van der Waals surface area contributed by atoms with Crippen LogP contribution in [0, 0.1) is 0 Å². The third kappa shape index (κ3) is 1.82. The van der Waals surface area contributed by atoms with Crippen LogP contribution in [0.1, 0.15) is 0 Å². The normalized spacial score (nSPS) is 10.9. The molecule has 0 amide bonds. The SMILES string of the molecule is Cn1cc(-c2ncnc3ccc(Br)cc23)cn1. The van der Waals surface area contributed by atoms with Crippen molar-refractivity contribution >= 4 is 26.8 Å². The average Bonchev–Trinajstić information content (AvgIpc) is 2.75. The Morgan fingerprint density at radius 3 is 2.88 bits per heavy atom. The minimum Gasteiger partial charge on any atom is -0.275 e. The summed E-state index contributed by atoms with van der Waals surface area (Å²) in [7, 11) is 1.89. The Morgan fingerprint density at radius 1 is 1.24 bits per heavy atom. The predicted molar refractivity (Wildman–Crippen MR) is 69.4 cm³/mol. The van der Waals surface area contributed by atoms with E-state index in [9.17, 15) is 0 Å². The summed E-state index contributed by atoms with van der Waals surface area (Å²) in [6, 6.07) is 5.97. The number of fused-ring (bicyclic) bond motifs is 1. The summed E-state index contributed by atoms with van der Waals surface area (Å²) < 4.78 is 2.78. The lowest BCUT2D eigenvalue weighted by molar-refractivity contribution is 0.768. The molecule has 2 aromatic heterocycles. The van der Waals surface area contributed by atoms with Gasteiger partial charge in [-0.1, -0.05) is 15.9 Å². The molecule has 5 heteroatoms. The maximum Gasteiger partial charge on any atom is 0.116 e. The zero-order valence-electron chi connectivity index (χ0n) is 9.13. The lowest BCUT2D eigenvalue weighted by atomic mass is 10.1. The van der Waals surface area contributed by atoms with E-state index < -0.39 is 0 Å². The van der Waals surface area contributed by atoms with E-state index in [2.05, 4.69) is 31.0 Å². The monoisotopic (exact) mass is 288 g/mol. The second-order valence-corrected chi connectivity index (χ2v) is 4.70. The molecule has 0 N–H and O–H groups in total. The summed E-state index contributed by atoms with van der Waals surface area (Å²) >= 11 is 3.47. The van der Waals surface area contributed by atoms with Gasteiger partial charge in [-0.15, -0.1) is 0 Å². The highest BCUT2D eigenvalue weighted by atomic mass is 79.9. The molecule has 1 aromatic carbocycles. The van der Waals surface area contributed by atoms with Crippen LogP contribution >= 0.6 is 15.9 Å².